The number of nitrogens with two attached hydrogens (primary N) is 1. The molecule has 1 aliphatic heterocycles. The summed E-state index contributed by atoms with van der Waals surface area (Å²) in [6, 6.07) is 8.05. The summed E-state index contributed by atoms with van der Waals surface area (Å²) in [5.41, 5.74) is 7.65. The van der Waals surface area contributed by atoms with E-state index in [4.69, 9.17) is 10.5 Å². The molecule has 2 N–H and O–H groups in total. The molecule has 3 rings (SSSR count). The second-order valence-corrected chi connectivity index (χ2v) is 5.08. The van der Waals surface area contributed by atoms with E-state index in [-0.39, 0.29) is 5.97 Å². The molecule has 0 aromatic heterocycles. The minimum atomic E-state index is -0.250. The number of hydrogen-bond acceptors (Lipinski definition) is 4. The van der Waals surface area contributed by atoms with Gasteiger partial charge in [-0.2, -0.15) is 0 Å². The summed E-state index contributed by atoms with van der Waals surface area (Å²) in [5.74, 6) is 1.05. The van der Waals surface area contributed by atoms with Gasteiger partial charge < -0.3 is 15.4 Å². The zero-order valence-corrected chi connectivity index (χ0v) is 10.5. The fourth-order valence-electron chi connectivity index (χ4n) is 2.83. The van der Waals surface area contributed by atoms with E-state index < -0.39 is 0 Å². The van der Waals surface area contributed by atoms with E-state index in [1.165, 1.54) is 0 Å². The van der Waals surface area contributed by atoms with Crippen molar-refractivity contribution in [3.05, 3.63) is 29.8 Å². The van der Waals surface area contributed by atoms with Crippen molar-refractivity contribution in [3.63, 3.8) is 0 Å². The Kier molecular flexibility index (Phi) is 2.74. The van der Waals surface area contributed by atoms with Crippen molar-refractivity contribution in [2.45, 2.75) is 13.0 Å². The van der Waals surface area contributed by atoms with Crippen LogP contribution in [0.1, 0.15) is 17.3 Å². The van der Waals surface area contributed by atoms with Crippen molar-refractivity contribution < 1.29 is 9.53 Å². The maximum absolute atomic E-state index is 11.7. The second-order valence-electron chi connectivity index (χ2n) is 5.08. The van der Waals surface area contributed by atoms with Gasteiger partial charge in [0, 0.05) is 24.8 Å². The van der Waals surface area contributed by atoms with Crippen molar-refractivity contribution in [3.8, 4) is 0 Å². The van der Waals surface area contributed by atoms with Crippen LogP contribution in [0.5, 0.6) is 0 Å². The first-order valence-corrected chi connectivity index (χ1v) is 6.48. The zero-order valence-electron chi connectivity index (χ0n) is 10.5. The number of fused-ring (bicyclic) bond motifs is 1. The Morgan fingerprint density at radius 3 is 2.83 bits per heavy atom. The molecule has 0 bridgehead atoms. The summed E-state index contributed by atoms with van der Waals surface area (Å²) in [4.78, 5) is 14.0. The van der Waals surface area contributed by atoms with Crippen LogP contribution in [0.15, 0.2) is 24.3 Å². The second kappa shape index (κ2) is 4.28. The van der Waals surface area contributed by atoms with Gasteiger partial charge in [-0.1, -0.05) is 6.07 Å². The number of esters is 1. The number of anilines is 1. The third-order valence-electron chi connectivity index (χ3n) is 3.98. The molecule has 3 atom stereocenters. The van der Waals surface area contributed by atoms with E-state index in [1.54, 1.807) is 6.07 Å². The monoisotopic (exact) mass is 246 g/mol. The minimum Gasteiger partial charge on any atom is -0.462 e. The fraction of sp³-hybridized carbons (Fsp3) is 0.500. The summed E-state index contributed by atoms with van der Waals surface area (Å²) < 4.78 is 5.02. The summed E-state index contributed by atoms with van der Waals surface area (Å²) >= 11 is 0. The molecule has 1 aromatic carbocycles. The topological polar surface area (TPSA) is 55.6 Å². The Morgan fingerprint density at radius 1 is 1.44 bits per heavy atom. The highest BCUT2D eigenvalue weighted by molar-refractivity contribution is 5.90. The van der Waals surface area contributed by atoms with Gasteiger partial charge in [0.25, 0.3) is 0 Å². The van der Waals surface area contributed by atoms with E-state index in [9.17, 15) is 4.79 Å². The van der Waals surface area contributed by atoms with E-state index >= 15 is 0 Å². The van der Waals surface area contributed by atoms with Crippen LogP contribution in [0.3, 0.4) is 0 Å². The first-order valence-electron chi connectivity index (χ1n) is 6.48. The van der Waals surface area contributed by atoms with Crippen LogP contribution in [0, 0.1) is 11.8 Å². The van der Waals surface area contributed by atoms with E-state index in [0.717, 1.165) is 18.8 Å². The SMILES string of the molecule is CCOC(=O)c1cccc(N2C[C@@H]3[C@H](N)[C@@H]3C2)c1. The molecule has 1 aromatic rings. The summed E-state index contributed by atoms with van der Waals surface area (Å²) in [5, 5.41) is 0. The fourth-order valence-corrected chi connectivity index (χ4v) is 2.83. The van der Waals surface area contributed by atoms with Crippen LogP contribution in [0.25, 0.3) is 0 Å². The molecule has 96 valence electrons. The quantitative estimate of drug-likeness (QED) is 0.816. The predicted molar refractivity (Wildman–Crippen MR) is 69.6 cm³/mol. The lowest BCUT2D eigenvalue weighted by molar-refractivity contribution is 0.0526. The van der Waals surface area contributed by atoms with Crippen LogP contribution in [-0.2, 0) is 4.74 Å². The molecule has 1 aliphatic carbocycles. The van der Waals surface area contributed by atoms with Crippen LogP contribution in [-0.4, -0.2) is 31.7 Å². The van der Waals surface area contributed by atoms with Crippen LogP contribution < -0.4 is 10.6 Å². The van der Waals surface area contributed by atoms with Gasteiger partial charge >= 0.3 is 5.97 Å². The van der Waals surface area contributed by atoms with Crippen LogP contribution in [0.4, 0.5) is 5.69 Å². The Hall–Kier alpha value is -1.55. The average molecular weight is 246 g/mol. The molecule has 0 amide bonds. The van der Waals surface area contributed by atoms with E-state index in [0.29, 0.717) is 30.0 Å². The molecule has 1 saturated heterocycles. The first-order chi connectivity index (χ1) is 8.70. The number of rotatable bonds is 3. The normalized spacial score (nSPS) is 29.0. The Labute approximate surface area is 107 Å². The lowest BCUT2D eigenvalue weighted by atomic mass is 10.2. The molecule has 1 heterocycles. The molecule has 4 heteroatoms. The number of piperidine rings is 1. The molecule has 0 spiro atoms. The van der Waals surface area contributed by atoms with Crippen molar-refractivity contribution in [2.24, 2.45) is 17.6 Å². The largest absolute Gasteiger partial charge is 0.462 e. The van der Waals surface area contributed by atoms with Crippen molar-refractivity contribution >= 4 is 11.7 Å². The number of carbonyl (C=O) groups is 1. The zero-order chi connectivity index (χ0) is 12.7. The van der Waals surface area contributed by atoms with E-state index in [1.807, 2.05) is 25.1 Å². The maximum Gasteiger partial charge on any atom is 0.338 e. The van der Waals surface area contributed by atoms with E-state index in [2.05, 4.69) is 4.90 Å². The number of benzene rings is 1. The van der Waals surface area contributed by atoms with Gasteiger partial charge in [0.2, 0.25) is 0 Å². The van der Waals surface area contributed by atoms with Gasteiger partial charge in [0.05, 0.1) is 12.2 Å². The molecule has 2 fully saturated rings. The molecule has 2 aliphatic rings. The Balaban J connectivity index is 1.74. The molecule has 18 heavy (non-hydrogen) atoms. The third kappa shape index (κ3) is 1.86. The Morgan fingerprint density at radius 2 is 2.17 bits per heavy atom. The molecule has 0 radical (unpaired) electrons. The minimum absolute atomic E-state index is 0.250. The Bertz CT molecular complexity index is 463. The lowest BCUT2D eigenvalue weighted by Gasteiger charge is -2.21. The standard InChI is InChI=1S/C14H18N2O2/c1-2-18-14(17)9-4-3-5-10(6-9)16-7-11-12(8-16)13(11)15/h3-6,11-13H,2,7-8,15H2,1H3/t11-,12+,13-. The molecular formula is C14H18N2O2. The first kappa shape index (κ1) is 11.5. The number of hydrogen-bond donors (Lipinski definition) is 1. The number of ether oxygens (including phenoxy) is 1. The molecule has 1 saturated carbocycles. The van der Waals surface area contributed by atoms with Crippen molar-refractivity contribution in [1.29, 1.82) is 0 Å². The highest BCUT2D eigenvalue weighted by atomic mass is 16.5. The number of carbonyl (C=O) groups excluding carboxylic acids is 1. The van der Waals surface area contributed by atoms with Crippen molar-refractivity contribution in [2.75, 3.05) is 24.6 Å². The van der Waals surface area contributed by atoms with Crippen LogP contribution in [0.2, 0.25) is 0 Å². The van der Waals surface area contributed by atoms with Crippen LogP contribution >= 0.6 is 0 Å². The summed E-state index contributed by atoms with van der Waals surface area (Å²) in [7, 11) is 0. The van der Waals surface area contributed by atoms with Gasteiger partial charge in [-0.05, 0) is 37.0 Å². The average Bonchev–Trinajstić information content (AvgIpc) is 2.81. The van der Waals surface area contributed by atoms with Gasteiger partial charge in [-0.3, -0.25) is 0 Å². The molecule has 0 unspecified atom stereocenters. The molecule has 4 nitrogen and oxygen atoms in total. The van der Waals surface area contributed by atoms with Gasteiger partial charge in [-0.25, -0.2) is 4.79 Å². The summed E-state index contributed by atoms with van der Waals surface area (Å²) in [6.45, 7) is 4.25. The maximum atomic E-state index is 11.7. The summed E-state index contributed by atoms with van der Waals surface area (Å²) in [6.07, 6.45) is 0. The highest BCUT2D eigenvalue weighted by Gasteiger charge is 2.53. The number of nitrogens with zero attached hydrogens (tertiary/aromatic N) is 1. The predicted octanol–water partition coefficient (Wildman–Crippen LogP) is 1.26. The third-order valence-corrected chi connectivity index (χ3v) is 3.98. The smallest absolute Gasteiger partial charge is 0.338 e. The highest BCUT2D eigenvalue weighted by Crippen LogP contribution is 2.45. The van der Waals surface area contributed by atoms with Gasteiger partial charge in [0.1, 0.15) is 0 Å². The lowest BCUT2D eigenvalue weighted by Crippen LogP contribution is -2.28. The van der Waals surface area contributed by atoms with Gasteiger partial charge in [0.15, 0.2) is 0 Å². The van der Waals surface area contributed by atoms with Crippen molar-refractivity contribution in [1.82, 2.24) is 0 Å². The molecular weight excluding hydrogens is 228 g/mol. The van der Waals surface area contributed by atoms with Gasteiger partial charge in [-0.15, -0.1) is 0 Å².